The van der Waals surface area contributed by atoms with Gasteiger partial charge in [0.25, 0.3) is 10.1 Å². The van der Waals surface area contributed by atoms with Crippen molar-refractivity contribution < 1.29 is 22.1 Å². The number of fused-ring (bicyclic) bond motifs is 1. The minimum Gasteiger partial charge on any atom is -0.451 e. The Hall–Kier alpha value is -0.920. The predicted molar refractivity (Wildman–Crippen MR) is 75.7 cm³/mol. The van der Waals surface area contributed by atoms with Crippen LogP contribution in [0.5, 0.6) is 0 Å². The first-order chi connectivity index (χ1) is 9.47. The Morgan fingerprint density at radius 2 is 1.95 bits per heavy atom. The molecule has 0 aromatic carbocycles. The van der Waals surface area contributed by atoms with Gasteiger partial charge in [-0.3, -0.25) is 9.08 Å². The molecule has 6 atom stereocenters. The van der Waals surface area contributed by atoms with E-state index in [1.807, 2.05) is 13.8 Å². The molecule has 6 unspecified atom stereocenters. The summed E-state index contributed by atoms with van der Waals surface area (Å²) in [6.07, 6.45) is 1.09. The topological polar surface area (TPSA) is 72.9 Å². The Morgan fingerprint density at radius 3 is 2.48 bits per heavy atom. The quantitative estimate of drug-likeness (QED) is 0.428. The molecular weight excluding hydrogens is 294 g/mol. The van der Waals surface area contributed by atoms with Crippen molar-refractivity contribution in [3.05, 3.63) is 12.7 Å². The van der Waals surface area contributed by atoms with Crippen LogP contribution in [-0.2, 0) is 23.8 Å². The van der Waals surface area contributed by atoms with E-state index in [-0.39, 0.29) is 11.8 Å². The zero-order valence-corrected chi connectivity index (χ0v) is 13.7. The summed E-state index contributed by atoms with van der Waals surface area (Å²) >= 11 is 0. The molecule has 2 heterocycles. The summed E-state index contributed by atoms with van der Waals surface area (Å²) in [6, 6.07) is 0. The number of nitrogens with zero attached hydrogens (tertiary/aromatic N) is 1. The molecule has 3 rings (SSSR count). The normalized spacial score (nSPS) is 53.9. The second-order valence-electron chi connectivity index (χ2n) is 6.81. The summed E-state index contributed by atoms with van der Waals surface area (Å²) in [5.74, 6) is -0.796. The number of likely N-dealkylation sites (tertiary alicyclic amines) is 1. The lowest BCUT2D eigenvalue weighted by Crippen LogP contribution is -2.69. The van der Waals surface area contributed by atoms with E-state index >= 15 is 0 Å². The molecule has 2 bridgehead atoms. The number of carbonyl (C=O) groups excluding carboxylic acids is 1. The lowest BCUT2D eigenvalue weighted by molar-refractivity contribution is -0.204. The van der Waals surface area contributed by atoms with E-state index in [2.05, 4.69) is 6.58 Å². The summed E-state index contributed by atoms with van der Waals surface area (Å²) in [7, 11) is -1.96. The van der Waals surface area contributed by atoms with Gasteiger partial charge in [-0.1, -0.05) is 13.5 Å². The van der Waals surface area contributed by atoms with Gasteiger partial charge in [0, 0.05) is 12.0 Å². The molecule has 0 radical (unpaired) electrons. The first-order valence-corrected chi connectivity index (χ1v) is 8.47. The molecule has 0 aromatic heterocycles. The molecule has 118 valence electrons. The van der Waals surface area contributed by atoms with Gasteiger partial charge < -0.3 is 4.74 Å². The Labute approximate surface area is 125 Å². The summed E-state index contributed by atoms with van der Waals surface area (Å²) in [5.41, 5.74) is -2.76. The maximum absolute atomic E-state index is 12.4. The number of piperidine rings is 1. The zero-order valence-electron chi connectivity index (χ0n) is 12.9. The third-order valence-electron chi connectivity index (χ3n) is 6.45. The van der Waals surface area contributed by atoms with Crippen LogP contribution in [0, 0.1) is 11.8 Å². The fourth-order valence-corrected chi connectivity index (χ4v) is 7.32. The summed E-state index contributed by atoms with van der Waals surface area (Å²) in [5, 5.41) is -0.682. The van der Waals surface area contributed by atoms with Crippen LogP contribution in [0.25, 0.3) is 0 Å². The van der Waals surface area contributed by atoms with Gasteiger partial charge in [-0.2, -0.15) is 8.42 Å². The van der Waals surface area contributed by atoms with Crippen LogP contribution in [0.1, 0.15) is 27.7 Å². The van der Waals surface area contributed by atoms with Gasteiger partial charge in [0.1, 0.15) is 11.0 Å². The highest BCUT2D eigenvalue weighted by molar-refractivity contribution is 7.87. The molecule has 2 aliphatic heterocycles. The van der Waals surface area contributed by atoms with Crippen molar-refractivity contribution in [2.75, 3.05) is 7.05 Å². The zero-order chi connectivity index (χ0) is 16.0. The largest absolute Gasteiger partial charge is 0.451 e. The number of carbonyl (C=O) groups is 1. The van der Waals surface area contributed by atoms with Gasteiger partial charge in [-0.25, -0.2) is 4.79 Å². The van der Waals surface area contributed by atoms with Crippen LogP contribution in [0.2, 0.25) is 0 Å². The Morgan fingerprint density at radius 1 is 1.38 bits per heavy atom. The first kappa shape index (κ1) is 15.0. The van der Waals surface area contributed by atoms with Crippen molar-refractivity contribution >= 4 is 16.1 Å². The predicted octanol–water partition coefficient (Wildman–Crippen LogP) is 0.889. The van der Waals surface area contributed by atoms with Crippen molar-refractivity contribution in [1.29, 1.82) is 0 Å². The van der Waals surface area contributed by atoms with Crippen molar-refractivity contribution in [1.82, 2.24) is 4.90 Å². The summed E-state index contributed by atoms with van der Waals surface area (Å²) in [4.78, 5) is 13.6. The van der Waals surface area contributed by atoms with Gasteiger partial charge in [0.05, 0.1) is 5.54 Å². The third-order valence-corrected chi connectivity index (χ3v) is 8.23. The van der Waals surface area contributed by atoms with Gasteiger partial charge in [0.2, 0.25) is 0 Å². The molecule has 1 aliphatic carbocycles. The van der Waals surface area contributed by atoms with E-state index in [9.17, 15) is 13.2 Å². The van der Waals surface area contributed by atoms with Crippen LogP contribution in [0.3, 0.4) is 0 Å². The monoisotopic (exact) mass is 315 g/mol. The van der Waals surface area contributed by atoms with Gasteiger partial charge in [-0.05, 0) is 33.7 Å². The standard InChI is InChI=1S/C14H21NO5S/c1-7-9(16)19-14(5)12(3)8(2)10-11(15(12)6)21(17,18)20-13(10,14)4/h7-8,10-11H,1H2,2-6H3. The van der Waals surface area contributed by atoms with E-state index in [0.717, 1.165) is 6.08 Å². The molecule has 2 saturated heterocycles. The van der Waals surface area contributed by atoms with Gasteiger partial charge in [0.15, 0.2) is 5.60 Å². The third kappa shape index (κ3) is 1.27. The lowest BCUT2D eigenvalue weighted by atomic mass is 9.73. The van der Waals surface area contributed by atoms with E-state index in [1.54, 1.807) is 25.8 Å². The molecule has 0 spiro atoms. The maximum atomic E-state index is 12.4. The molecule has 3 fully saturated rings. The van der Waals surface area contributed by atoms with Crippen molar-refractivity contribution in [2.45, 2.75) is 49.8 Å². The Kier molecular flexibility index (Phi) is 2.64. The van der Waals surface area contributed by atoms with Crippen molar-refractivity contribution in [2.24, 2.45) is 11.8 Å². The van der Waals surface area contributed by atoms with E-state index < -0.39 is 38.2 Å². The number of hydrogen-bond donors (Lipinski definition) is 0. The highest BCUT2D eigenvalue weighted by atomic mass is 32.2. The smallest absolute Gasteiger partial charge is 0.330 e. The summed E-state index contributed by atoms with van der Waals surface area (Å²) < 4.78 is 36.0. The van der Waals surface area contributed by atoms with Gasteiger partial charge in [-0.15, -0.1) is 0 Å². The molecule has 0 N–H and O–H groups in total. The van der Waals surface area contributed by atoms with Crippen LogP contribution >= 0.6 is 0 Å². The average molecular weight is 315 g/mol. The second kappa shape index (κ2) is 3.70. The Balaban J connectivity index is 2.24. The highest BCUT2D eigenvalue weighted by Crippen LogP contribution is 2.70. The van der Waals surface area contributed by atoms with Crippen molar-refractivity contribution in [3.63, 3.8) is 0 Å². The number of likely N-dealkylation sites (N-methyl/N-ethyl adjacent to an activating group) is 1. The minimum absolute atomic E-state index is 0.0115. The highest BCUT2D eigenvalue weighted by Gasteiger charge is 2.86. The minimum atomic E-state index is -3.71. The van der Waals surface area contributed by atoms with Crippen LogP contribution < -0.4 is 0 Å². The number of esters is 1. The first-order valence-electron chi connectivity index (χ1n) is 7.00. The summed E-state index contributed by atoms with van der Waals surface area (Å²) in [6.45, 7) is 10.9. The van der Waals surface area contributed by atoms with Crippen LogP contribution in [-0.4, -0.2) is 48.4 Å². The van der Waals surface area contributed by atoms with Crippen LogP contribution in [0.4, 0.5) is 0 Å². The number of rotatable bonds is 2. The van der Waals surface area contributed by atoms with E-state index in [0.29, 0.717) is 0 Å². The molecule has 3 aliphatic rings. The average Bonchev–Trinajstić information content (AvgIpc) is 2.76. The van der Waals surface area contributed by atoms with E-state index in [4.69, 9.17) is 8.92 Å². The maximum Gasteiger partial charge on any atom is 0.330 e. The SMILES string of the molecule is C=CC(=O)OC1(C)C2(C)OS(=O)(=O)C3C2C(C)C1(C)N3C. The second-order valence-corrected chi connectivity index (χ2v) is 8.44. The van der Waals surface area contributed by atoms with Crippen LogP contribution in [0.15, 0.2) is 12.7 Å². The number of ether oxygens (including phenoxy) is 1. The molecule has 7 heteroatoms. The molecule has 6 nitrogen and oxygen atoms in total. The fraction of sp³-hybridized carbons (Fsp3) is 0.786. The molecule has 21 heavy (non-hydrogen) atoms. The number of hydrogen-bond acceptors (Lipinski definition) is 6. The van der Waals surface area contributed by atoms with E-state index in [1.165, 1.54) is 0 Å². The molecule has 1 saturated carbocycles. The lowest BCUT2D eigenvalue weighted by Gasteiger charge is -2.52. The van der Waals surface area contributed by atoms with Crippen molar-refractivity contribution in [3.8, 4) is 0 Å². The molecule has 0 amide bonds. The molecule has 0 aromatic rings. The van der Waals surface area contributed by atoms with Gasteiger partial charge >= 0.3 is 5.97 Å². The fourth-order valence-electron chi connectivity index (χ4n) is 5.01. The molecular formula is C14H21NO5S. The Bertz CT molecular complexity index is 646.